The summed E-state index contributed by atoms with van der Waals surface area (Å²) in [4.78, 5) is 14.7. The van der Waals surface area contributed by atoms with Crippen molar-refractivity contribution < 1.29 is 23.1 Å². The molecule has 0 atom stereocenters. The quantitative estimate of drug-likeness (QED) is 0.610. The number of β-amino-alcohol motifs (C(OH)–C–C–N with tert-alkyl or cyclic N) is 1. The second-order valence-corrected chi connectivity index (χ2v) is 8.07. The third-order valence-corrected chi connectivity index (χ3v) is 5.70. The normalized spacial score (nSPS) is 14.6. The van der Waals surface area contributed by atoms with E-state index in [9.17, 15) is 23.1 Å². The molecule has 2 heterocycles. The number of carbonyl (C=O) groups excluding carboxylic acids is 1. The minimum Gasteiger partial charge on any atom is -0.389 e. The molecule has 1 aliphatic rings. The van der Waals surface area contributed by atoms with Crippen molar-refractivity contribution in [3.63, 3.8) is 0 Å². The molecule has 4 nitrogen and oxygen atoms in total. The lowest BCUT2D eigenvalue weighted by molar-refractivity contribution is -0.143. The molecule has 0 radical (unpaired) electrons. The second-order valence-electron chi connectivity index (χ2n) is 7.64. The second kappa shape index (κ2) is 8.05. The first-order valence-electron chi connectivity index (χ1n) is 9.74. The van der Waals surface area contributed by atoms with Crippen molar-refractivity contribution in [3.05, 3.63) is 82.1 Å². The number of likely N-dealkylation sites (tertiary alicyclic amines) is 1. The Morgan fingerprint density at radius 1 is 1.10 bits per heavy atom. The number of rotatable bonds is 4. The van der Waals surface area contributed by atoms with Crippen molar-refractivity contribution in [1.82, 2.24) is 9.47 Å². The SMILES string of the molecule is Cc1c(-c2ccc(Cl)cc2)c(C(=O)N2CC(O)C2)n(Cc2ccccc2)c1C(F)(F)F. The highest BCUT2D eigenvalue weighted by atomic mass is 35.5. The van der Waals surface area contributed by atoms with Crippen LogP contribution in [0.5, 0.6) is 0 Å². The van der Waals surface area contributed by atoms with Crippen LogP contribution >= 0.6 is 11.6 Å². The maximum Gasteiger partial charge on any atom is 0.431 e. The van der Waals surface area contributed by atoms with E-state index in [2.05, 4.69) is 0 Å². The van der Waals surface area contributed by atoms with Crippen LogP contribution in [0, 0.1) is 6.92 Å². The number of hydrogen-bond acceptors (Lipinski definition) is 2. The molecular formula is C23H20ClF3N2O2. The summed E-state index contributed by atoms with van der Waals surface area (Å²) in [7, 11) is 0. The van der Waals surface area contributed by atoms with E-state index in [1.165, 1.54) is 11.8 Å². The van der Waals surface area contributed by atoms with Crippen molar-refractivity contribution in [2.24, 2.45) is 0 Å². The molecule has 1 fully saturated rings. The van der Waals surface area contributed by atoms with Gasteiger partial charge in [0.1, 0.15) is 11.4 Å². The zero-order valence-electron chi connectivity index (χ0n) is 16.7. The fraction of sp³-hybridized carbons (Fsp3) is 0.261. The van der Waals surface area contributed by atoms with Gasteiger partial charge in [0.05, 0.1) is 6.10 Å². The van der Waals surface area contributed by atoms with E-state index in [4.69, 9.17) is 11.6 Å². The first kappa shape index (κ1) is 21.5. The average Bonchev–Trinajstić information content (AvgIpc) is 2.98. The van der Waals surface area contributed by atoms with Gasteiger partial charge in [-0.05, 0) is 35.7 Å². The molecule has 1 aliphatic heterocycles. The molecule has 3 aromatic rings. The summed E-state index contributed by atoms with van der Waals surface area (Å²) in [6.07, 6.45) is -5.32. The molecule has 162 valence electrons. The molecule has 0 aliphatic carbocycles. The number of amides is 1. The van der Waals surface area contributed by atoms with Gasteiger partial charge in [0.2, 0.25) is 0 Å². The summed E-state index contributed by atoms with van der Waals surface area (Å²) in [5.74, 6) is -0.537. The number of hydrogen-bond donors (Lipinski definition) is 1. The molecule has 0 saturated carbocycles. The van der Waals surface area contributed by atoms with Gasteiger partial charge >= 0.3 is 6.18 Å². The Balaban J connectivity index is 1.97. The maximum absolute atomic E-state index is 14.2. The van der Waals surface area contributed by atoms with E-state index in [-0.39, 0.29) is 36.5 Å². The summed E-state index contributed by atoms with van der Waals surface area (Å²) < 4.78 is 43.7. The standard InChI is InChI=1S/C23H20ClF3N2O2/c1-14-19(16-7-9-17(24)10-8-16)20(22(31)28-12-18(30)13-28)29(21(14)23(25,26)27)11-15-5-3-2-4-6-15/h2-10,18,30H,11-13H2,1H3. The number of aliphatic hydroxyl groups excluding tert-OH is 1. The van der Waals surface area contributed by atoms with Gasteiger partial charge in [0, 0.05) is 30.2 Å². The largest absolute Gasteiger partial charge is 0.431 e. The van der Waals surface area contributed by atoms with Crippen molar-refractivity contribution in [2.75, 3.05) is 13.1 Å². The number of carbonyl (C=O) groups is 1. The zero-order valence-corrected chi connectivity index (χ0v) is 17.4. The van der Waals surface area contributed by atoms with Crippen molar-refractivity contribution in [2.45, 2.75) is 25.7 Å². The van der Waals surface area contributed by atoms with Crippen molar-refractivity contribution in [1.29, 1.82) is 0 Å². The predicted octanol–water partition coefficient (Wildman–Crippen LogP) is 5.00. The number of nitrogens with zero attached hydrogens (tertiary/aromatic N) is 2. The lowest BCUT2D eigenvalue weighted by Gasteiger charge is -2.36. The Morgan fingerprint density at radius 3 is 2.26 bits per heavy atom. The summed E-state index contributed by atoms with van der Waals surface area (Å²) in [6, 6.07) is 15.1. The lowest BCUT2D eigenvalue weighted by atomic mass is 9.99. The summed E-state index contributed by atoms with van der Waals surface area (Å²) >= 11 is 5.97. The van der Waals surface area contributed by atoms with E-state index in [1.54, 1.807) is 54.6 Å². The van der Waals surface area contributed by atoms with Crippen LogP contribution < -0.4 is 0 Å². The zero-order chi connectivity index (χ0) is 22.3. The average molecular weight is 449 g/mol. The van der Waals surface area contributed by atoms with Crippen LogP contribution in [0.1, 0.15) is 27.3 Å². The van der Waals surface area contributed by atoms with E-state index >= 15 is 0 Å². The molecule has 0 unspecified atom stereocenters. The number of halogens is 4. The van der Waals surface area contributed by atoms with E-state index < -0.39 is 23.9 Å². The lowest BCUT2D eigenvalue weighted by Crippen LogP contribution is -2.54. The van der Waals surface area contributed by atoms with Gasteiger partial charge < -0.3 is 14.6 Å². The Kier molecular flexibility index (Phi) is 5.58. The van der Waals surface area contributed by atoms with Crippen LogP contribution in [0.25, 0.3) is 11.1 Å². The Bertz CT molecular complexity index is 1100. The number of alkyl halides is 3. The highest BCUT2D eigenvalue weighted by molar-refractivity contribution is 6.30. The van der Waals surface area contributed by atoms with Gasteiger partial charge in [0.15, 0.2) is 0 Å². The van der Waals surface area contributed by atoms with E-state index in [1.807, 2.05) is 0 Å². The molecule has 2 aromatic carbocycles. The van der Waals surface area contributed by atoms with Gasteiger partial charge in [0.25, 0.3) is 5.91 Å². The van der Waals surface area contributed by atoms with Crippen LogP contribution in [0.4, 0.5) is 13.2 Å². The van der Waals surface area contributed by atoms with Crippen LogP contribution in [0.15, 0.2) is 54.6 Å². The summed E-state index contributed by atoms with van der Waals surface area (Å²) in [5.41, 5.74) is 0.432. The third kappa shape index (κ3) is 4.07. The monoisotopic (exact) mass is 448 g/mol. The maximum atomic E-state index is 14.2. The Hall–Kier alpha value is -2.77. The summed E-state index contributed by atoms with van der Waals surface area (Å²) in [6.45, 7) is 1.46. The van der Waals surface area contributed by atoms with Crippen LogP contribution in [-0.4, -0.2) is 39.7 Å². The number of aliphatic hydroxyl groups is 1. The molecule has 0 spiro atoms. The van der Waals surface area contributed by atoms with Gasteiger partial charge in [-0.2, -0.15) is 13.2 Å². The van der Waals surface area contributed by atoms with Crippen LogP contribution in [0.3, 0.4) is 0 Å². The molecule has 1 saturated heterocycles. The number of benzene rings is 2. The Labute approximate surface area is 182 Å². The van der Waals surface area contributed by atoms with Crippen molar-refractivity contribution >= 4 is 17.5 Å². The molecule has 1 amide bonds. The highest BCUT2D eigenvalue weighted by Crippen LogP contribution is 2.42. The topological polar surface area (TPSA) is 45.5 Å². The molecule has 1 aromatic heterocycles. The van der Waals surface area contributed by atoms with Crippen LogP contribution in [-0.2, 0) is 12.7 Å². The molecule has 4 rings (SSSR count). The molecular weight excluding hydrogens is 429 g/mol. The molecule has 31 heavy (non-hydrogen) atoms. The van der Waals surface area contributed by atoms with Crippen molar-refractivity contribution in [3.8, 4) is 11.1 Å². The summed E-state index contributed by atoms with van der Waals surface area (Å²) in [5, 5.41) is 10.1. The van der Waals surface area contributed by atoms with E-state index in [0.29, 0.717) is 16.1 Å². The smallest absolute Gasteiger partial charge is 0.389 e. The van der Waals surface area contributed by atoms with Gasteiger partial charge in [-0.25, -0.2) is 0 Å². The third-order valence-electron chi connectivity index (χ3n) is 5.44. The van der Waals surface area contributed by atoms with Gasteiger partial charge in [-0.3, -0.25) is 4.79 Å². The van der Waals surface area contributed by atoms with Gasteiger partial charge in [-0.1, -0.05) is 54.1 Å². The fourth-order valence-corrected chi connectivity index (χ4v) is 4.12. The van der Waals surface area contributed by atoms with Gasteiger partial charge in [-0.15, -0.1) is 0 Å². The number of aromatic nitrogens is 1. The first-order valence-corrected chi connectivity index (χ1v) is 10.1. The Morgan fingerprint density at radius 2 is 1.71 bits per heavy atom. The highest BCUT2D eigenvalue weighted by Gasteiger charge is 2.42. The first-order chi connectivity index (χ1) is 14.7. The fourth-order valence-electron chi connectivity index (χ4n) is 4.00. The minimum atomic E-state index is -4.66. The predicted molar refractivity (Wildman–Crippen MR) is 112 cm³/mol. The minimum absolute atomic E-state index is 0.0184. The molecule has 8 heteroatoms. The molecule has 1 N–H and O–H groups in total. The van der Waals surface area contributed by atoms with E-state index in [0.717, 1.165) is 4.57 Å². The molecule has 0 bridgehead atoms. The van der Waals surface area contributed by atoms with Crippen LogP contribution in [0.2, 0.25) is 5.02 Å².